The van der Waals surface area contributed by atoms with Crippen LogP contribution in [0, 0.1) is 18.3 Å². The molecule has 17 heavy (non-hydrogen) atoms. The molecule has 0 atom stereocenters. The first-order valence-corrected chi connectivity index (χ1v) is 4.64. The number of aryl methyl sites for hydroxylation is 1. The van der Waals surface area contributed by atoms with Gasteiger partial charge in [0.15, 0.2) is 0 Å². The SMILES string of the molecule is Cc1cc(CC(=O)O)c(C#N)c(OC(F)F)c1. The molecule has 0 aromatic heterocycles. The van der Waals surface area contributed by atoms with Crippen LogP contribution in [-0.4, -0.2) is 17.7 Å². The third-order valence-electron chi connectivity index (χ3n) is 2.00. The fraction of sp³-hybridized carbons (Fsp3) is 0.273. The van der Waals surface area contributed by atoms with Gasteiger partial charge < -0.3 is 9.84 Å². The Morgan fingerprint density at radius 1 is 1.59 bits per heavy atom. The fourth-order valence-corrected chi connectivity index (χ4v) is 1.44. The number of hydrogen-bond acceptors (Lipinski definition) is 3. The Morgan fingerprint density at radius 3 is 2.71 bits per heavy atom. The highest BCUT2D eigenvalue weighted by atomic mass is 19.3. The van der Waals surface area contributed by atoms with Gasteiger partial charge in [0.25, 0.3) is 0 Å². The van der Waals surface area contributed by atoms with E-state index in [0.717, 1.165) is 0 Å². The summed E-state index contributed by atoms with van der Waals surface area (Å²) in [5.74, 6) is -1.44. The Morgan fingerprint density at radius 2 is 2.24 bits per heavy atom. The number of aliphatic carboxylic acids is 1. The summed E-state index contributed by atoms with van der Waals surface area (Å²) in [7, 11) is 0. The molecule has 0 fully saturated rings. The van der Waals surface area contributed by atoms with Crippen molar-refractivity contribution >= 4 is 5.97 Å². The number of rotatable bonds is 4. The van der Waals surface area contributed by atoms with Gasteiger partial charge in [0.1, 0.15) is 11.8 Å². The highest BCUT2D eigenvalue weighted by Crippen LogP contribution is 2.26. The normalized spacial score (nSPS) is 10.1. The predicted molar refractivity (Wildman–Crippen MR) is 53.9 cm³/mol. The van der Waals surface area contributed by atoms with E-state index in [1.807, 2.05) is 0 Å². The molecule has 0 unspecified atom stereocenters. The van der Waals surface area contributed by atoms with Gasteiger partial charge in [-0.05, 0) is 24.1 Å². The Kier molecular flexibility index (Phi) is 3.99. The second-order valence-corrected chi connectivity index (χ2v) is 3.36. The van der Waals surface area contributed by atoms with Gasteiger partial charge in [-0.2, -0.15) is 14.0 Å². The van der Waals surface area contributed by atoms with Crippen molar-refractivity contribution in [3.63, 3.8) is 0 Å². The maximum atomic E-state index is 12.1. The number of benzene rings is 1. The molecule has 4 nitrogen and oxygen atoms in total. The first kappa shape index (κ1) is 12.9. The summed E-state index contributed by atoms with van der Waals surface area (Å²) in [5, 5.41) is 17.5. The molecule has 0 saturated carbocycles. The van der Waals surface area contributed by atoms with Gasteiger partial charge in [0.2, 0.25) is 0 Å². The molecular formula is C11H9F2NO3. The molecule has 0 heterocycles. The van der Waals surface area contributed by atoms with E-state index in [0.29, 0.717) is 5.56 Å². The van der Waals surface area contributed by atoms with Crippen molar-refractivity contribution in [2.75, 3.05) is 0 Å². The third kappa shape index (κ3) is 3.41. The van der Waals surface area contributed by atoms with E-state index >= 15 is 0 Å². The number of halogens is 2. The van der Waals surface area contributed by atoms with Crippen molar-refractivity contribution in [3.8, 4) is 11.8 Å². The van der Waals surface area contributed by atoms with E-state index < -0.39 is 19.0 Å². The summed E-state index contributed by atoms with van der Waals surface area (Å²) >= 11 is 0. The third-order valence-corrected chi connectivity index (χ3v) is 2.00. The Hall–Kier alpha value is -2.16. The molecule has 0 saturated heterocycles. The average Bonchev–Trinajstić information content (AvgIpc) is 2.14. The molecule has 0 amide bonds. The molecular weight excluding hydrogens is 232 g/mol. The van der Waals surface area contributed by atoms with Gasteiger partial charge in [0.05, 0.1) is 12.0 Å². The second kappa shape index (κ2) is 5.25. The van der Waals surface area contributed by atoms with Crippen molar-refractivity contribution in [2.45, 2.75) is 20.0 Å². The van der Waals surface area contributed by atoms with Crippen LogP contribution in [0.25, 0.3) is 0 Å². The summed E-state index contributed by atoms with van der Waals surface area (Å²) in [5.41, 5.74) is 0.546. The van der Waals surface area contributed by atoms with Crippen LogP contribution >= 0.6 is 0 Å². The van der Waals surface area contributed by atoms with Gasteiger partial charge in [-0.1, -0.05) is 6.07 Å². The first-order valence-electron chi connectivity index (χ1n) is 4.64. The van der Waals surface area contributed by atoms with E-state index in [-0.39, 0.29) is 16.9 Å². The highest BCUT2D eigenvalue weighted by Gasteiger charge is 2.16. The smallest absolute Gasteiger partial charge is 0.387 e. The summed E-state index contributed by atoms with van der Waals surface area (Å²) in [6, 6.07) is 4.42. The lowest BCUT2D eigenvalue weighted by atomic mass is 10.0. The topological polar surface area (TPSA) is 70.3 Å². The summed E-state index contributed by atoms with van der Waals surface area (Å²) in [6.45, 7) is -1.45. The molecule has 0 bridgehead atoms. The number of hydrogen-bond donors (Lipinski definition) is 1. The minimum Gasteiger partial charge on any atom is -0.481 e. The quantitative estimate of drug-likeness (QED) is 0.876. The van der Waals surface area contributed by atoms with Gasteiger partial charge in [-0.25, -0.2) is 0 Å². The van der Waals surface area contributed by atoms with Crippen LogP contribution in [-0.2, 0) is 11.2 Å². The number of nitriles is 1. The van der Waals surface area contributed by atoms with E-state index in [4.69, 9.17) is 10.4 Å². The van der Waals surface area contributed by atoms with E-state index in [2.05, 4.69) is 4.74 Å². The van der Waals surface area contributed by atoms with Crippen LogP contribution < -0.4 is 4.74 Å². The van der Waals surface area contributed by atoms with Crippen molar-refractivity contribution in [2.24, 2.45) is 0 Å². The Bertz CT molecular complexity index is 480. The number of carbonyl (C=O) groups is 1. The van der Waals surface area contributed by atoms with Gasteiger partial charge in [-0.3, -0.25) is 4.79 Å². The lowest BCUT2D eigenvalue weighted by Crippen LogP contribution is -2.08. The van der Waals surface area contributed by atoms with Gasteiger partial charge >= 0.3 is 12.6 Å². The summed E-state index contributed by atoms with van der Waals surface area (Å²) in [4.78, 5) is 10.6. The van der Waals surface area contributed by atoms with Crippen LogP contribution in [0.2, 0.25) is 0 Å². The monoisotopic (exact) mass is 241 g/mol. The largest absolute Gasteiger partial charge is 0.481 e. The first-order chi connectivity index (χ1) is 7.93. The van der Waals surface area contributed by atoms with Crippen LogP contribution in [0.1, 0.15) is 16.7 Å². The zero-order chi connectivity index (χ0) is 13.0. The van der Waals surface area contributed by atoms with Crippen LogP contribution in [0.3, 0.4) is 0 Å². The van der Waals surface area contributed by atoms with Crippen LogP contribution in [0.4, 0.5) is 8.78 Å². The molecule has 0 aliphatic rings. The molecule has 0 spiro atoms. The highest BCUT2D eigenvalue weighted by molar-refractivity contribution is 5.72. The molecule has 0 aliphatic heterocycles. The maximum absolute atomic E-state index is 12.1. The van der Waals surface area contributed by atoms with Crippen molar-refractivity contribution in [1.29, 1.82) is 5.26 Å². The van der Waals surface area contributed by atoms with Gasteiger partial charge in [0, 0.05) is 0 Å². The molecule has 1 aromatic rings. The fourth-order valence-electron chi connectivity index (χ4n) is 1.44. The Labute approximate surface area is 96.0 Å². The van der Waals surface area contributed by atoms with E-state index in [1.165, 1.54) is 12.1 Å². The second-order valence-electron chi connectivity index (χ2n) is 3.36. The molecule has 0 aliphatic carbocycles. The number of alkyl halides is 2. The molecule has 1 rings (SSSR count). The molecule has 90 valence electrons. The molecule has 1 aromatic carbocycles. The summed E-state index contributed by atoms with van der Waals surface area (Å²) < 4.78 is 28.4. The minimum absolute atomic E-state index is 0.163. The number of nitrogens with zero attached hydrogens (tertiary/aromatic N) is 1. The number of ether oxygens (including phenoxy) is 1. The maximum Gasteiger partial charge on any atom is 0.387 e. The van der Waals surface area contributed by atoms with Gasteiger partial charge in [-0.15, -0.1) is 0 Å². The Balaban J connectivity index is 3.25. The number of carboxylic acid groups (broad SMARTS) is 1. The van der Waals surface area contributed by atoms with Crippen molar-refractivity contribution in [3.05, 3.63) is 28.8 Å². The van der Waals surface area contributed by atoms with E-state index in [1.54, 1.807) is 13.0 Å². The standard InChI is InChI=1S/C11H9F2NO3/c1-6-2-7(4-10(15)16)8(5-14)9(3-6)17-11(12)13/h2-3,11H,4H2,1H3,(H,15,16). The molecule has 1 N–H and O–H groups in total. The lowest BCUT2D eigenvalue weighted by Gasteiger charge is -2.10. The molecule has 0 radical (unpaired) electrons. The number of carboxylic acids is 1. The van der Waals surface area contributed by atoms with Crippen LogP contribution in [0.15, 0.2) is 12.1 Å². The zero-order valence-electron chi connectivity index (χ0n) is 8.91. The lowest BCUT2D eigenvalue weighted by molar-refractivity contribution is -0.136. The van der Waals surface area contributed by atoms with Crippen molar-refractivity contribution in [1.82, 2.24) is 0 Å². The summed E-state index contributed by atoms with van der Waals surface area (Å²) in [6.07, 6.45) is -0.413. The van der Waals surface area contributed by atoms with Crippen LogP contribution in [0.5, 0.6) is 5.75 Å². The minimum atomic E-state index is -3.05. The van der Waals surface area contributed by atoms with E-state index in [9.17, 15) is 13.6 Å². The zero-order valence-corrected chi connectivity index (χ0v) is 8.91. The average molecular weight is 241 g/mol. The van der Waals surface area contributed by atoms with Crippen molar-refractivity contribution < 1.29 is 23.4 Å². The predicted octanol–water partition coefficient (Wildman–Crippen LogP) is 2.10. The molecule has 6 heteroatoms.